The molecule has 0 radical (unpaired) electrons. The topological polar surface area (TPSA) is 134 Å². The number of aliphatic hydroxyl groups is 1. The summed E-state index contributed by atoms with van der Waals surface area (Å²) in [6.45, 7) is 1.93. The maximum atomic E-state index is 7.57. The fraction of sp³-hybridized carbons (Fsp3) is 1.00. The van der Waals surface area contributed by atoms with Crippen molar-refractivity contribution in [3.05, 3.63) is 0 Å². The molecule has 0 bridgehead atoms. The van der Waals surface area contributed by atoms with Crippen LogP contribution in [-0.2, 0) is 41.7 Å². The number of aliphatic hydroxyl groups excluding tert-OH is 1. The van der Waals surface area contributed by atoms with Gasteiger partial charge in [0.2, 0.25) is 0 Å². The molecule has 52 valence electrons. The van der Waals surface area contributed by atoms with Gasteiger partial charge in [-0.1, -0.05) is 0 Å². The molecule has 5 nitrogen and oxygen atoms in total. The molecule has 0 rings (SSSR count). The van der Waals surface area contributed by atoms with Crippen molar-refractivity contribution >= 4 is 0 Å². The van der Waals surface area contributed by atoms with Crippen LogP contribution in [0.15, 0.2) is 0 Å². The zero-order valence-corrected chi connectivity index (χ0v) is 6.68. The average Bonchev–Trinajstić information content (AvgIpc) is 0.918. The van der Waals surface area contributed by atoms with Crippen LogP contribution in [0.3, 0.4) is 0 Å². The first kappa shape index (κ1) is 78.6. The van der Waals surface area contributed by atoms with Gasteiger partial charge in [0.1, 0.15) is 0 Å². The van der Waals surface area contributed by atoms with Gasteiger partial charge in [-0.3, -0.25) is 0 Å². The quantitative estimate of drug-likeness (QED) is 0.635. The Labute approximate surface area is 61.0 Å². The third kappa shape index (κ3) is 999. The molecule has 0 fully saturated rings. The molecule has 0 atom stereocenters. The first-order chi connectivity index (χ1) is 1.41. The second kappa shape index (κ2) is 149. The van der Waals surface area contributed by atoms with Gasteiger partial charge in [0.25, 0.3) is 0 Å². The maximum Gasteiger partial charge on any atom is 8.00 e. The van der Waals surface area contributed by atoms with E-state index in [9.17, 15) is 0 Å². The summed E-state index contributed by atoms with van der Waals surface area (Å²) in [6.07, 6.45) is 0. The van der Waals surface area contributed by atoms with E-state index in [2.05, 4.69) is 0 Å². The fourth-order valence-electron chi connectivity index (χ4n) is 0. The first-order valence-electron chi connectivity index (χ1n) is 1.02. The smallest absolute Gasteiger partial charge is 2.00 e. The van der Waals surface area contributed by atoms with Crippen molar-refractivity contribution in [2.24, 2.45) is 0 Å². The number of hydrogen-bond acceptors (Lipinski definition) is 1. The summed E-state index contributed by atoms with van der Waals surface area (Å²) in [4.78, 5) is 0. The molecule has 0 aliphatic heterocycles. The van der Waals surface area contributed by atoms with Crippen LogP contribution >= 0.6 is 0 Å². The molecule has 0 spiro atoms. The normalized spacial score (nSPS) is 2.25. The Morgan fingerprint density at radius 1 is 1.00 bits per heavy atom. The predicted octanol–water partition coefficient (Wildman–Crippen LogP) is -0.479. The Morgan fingerprint density at radius 3 is 1.00 bits per heavy atom. The summed E-state index contributed by atoms with van der Waals surface area (Å²) >= 11 is 0. The van der Waals surface area contributed by atoms with Crippen molar-refractivity contribution in [1.82, 2.24) is 0 Å². The predicted molar refractivity (Wildman–Crippen MR) is 15.5 cm³/mol. The van der Waals surface area contributed by atoms with Crippen LogP contribution in [0.2, 0.25) is 0 Å². The molecule has 0 aromatic heterocycles. The molecule has 0 unspecified atom stereocenters. The van der Waals surface area contributed by atoms with Crippen LogP contribution in [0.4, 0.5) is 0 Å². The Balaban J connectivity index is -0.00000000200. The van der Waals surface area contributed by atoms with Crippen molar-refractivity contribution in [2.45, 2.75) is 6.92 Å². The van der Waals surface area contributed by atoms with E-state index in [4.69, 9.17) is 5.11 Å². The van der Waals surface area contributed by atoms with Crippen molar-refractivity contribution in [2.75, 3.05) is 6.61 Å². The number of hydrogen-bond donors (Lipinski definition) is 1. The fourth-order valence-corrected chi connectivity index (χ4v) is 0. The SMILES string of the molecule is CCO.[O-2].[O-2].[O-2].[O-2].[Os+8]. The standard InChI is InChI=1S/C2H6O.4O.Os/c1-2-3;;;;;/h3H,2H2,1H3;;;;;/q;4*-2;+8. The zero-order valence-electron chi connectivity index (χ0n) is 4.14. The summed E-state index contributed by atoms with van der Waals surface area (Å²) in [5.41, 5.74) is 0. The molecule has 0 saturated carbocycles. The molecule has 0 aliphatic carbocycles. The third-order valence-corrected chi connectivity index (χ3v) is 0. The molecule has 0 saturated heterocycles. The molecule has 0 aliphatic rings. The average molecular weight is 300 g/mol. The van der Waals surface area contributed by atoms with Gasteiger partial charge < -0.3 is 27.0 Å². The van der Waals surface area contributed by atoms with E-state index in [1.165, 1.54) is 0 Å². The Morgan fingerprint density at radius 2 is 1.00 bits per heavy atom. The van der Waals surface area contributed by atoms with Gasteiger partial charge in [-0.15, -0.1) is 0 Å². The van der Waals surface area contributed by atoms with Crippen LogP contribution in [0.1, 0.15) is 6.92 Å². The monoisotopic (exact) mass is 302 g/mol. The summed E-state index contributed by atoms with van der Waals surface area (Å²) in [6, 6.07) is 0. The Bertz CT molecular complexity index is 10.4. The van der Waals surface area contributed by atoms with Gasteiger partial charge in [0.15, 0.2) is 0 Å². The van der Waals surface area contributed by atoms with Gasteiger partial charge in [0, 0.05) is 6.61 Å². The van der Waals surface area contributed by atoms with Crippen molar-refractivity contribution in [3.8, 4) is 0 Å². The van der Waals surface area contributed by atoms with E-state index in [0.29, 0.717) is 0 Å². The minimum absolute atomic E-state index is 0. The van der Waals surface area contributed by atoms with Crippen LogP contribution in [-0.4, -0.2) is 11.7 Å². The van der Waals surface area contributed by atoms with Crippen LogP contribution in [0.5, 0.6) is 0 Å². The summed E-state index contributed by atoms with van der Waals surface area (Å²) in [5.74, 6) is 0. The van der Waals surface area contributed by atoms with E-state index in [0.717, 1.165) is 0 Å². The molecule has 1 N–H and O–H groups in total. The minimum atomic E-state index is 0. The van der Waals surface area contributed by atoms with E-state index in [-0.39, 0.29) is 48.3 Å². The van der Waals surface area contributed by atoms with Crippen molar-refractivity contribution in [3.63, 3.8) is 0 Å². The molecule has 0 aromatic rings. The van der Waals surface area contributed by atoms with Gasteiger partial charge in [0.05, 0.1) is 0 Å². The second-order valence-electron chi connectivity index (χ2n) is 0.316. The largest absolute Gasteiger partial charge is 8.00 e. The van der Waals surface area contributed by atoms with E-state index >= 15 is 0 Å². The minimum Gasteiger partial charge on any atom is -2.00 e. The first-order valence-corrected chi connectivity index (χ1v) is 1.02. The van der Waals surface area contributed by atoms with Crippen LogP contribution in [0, 0.1) is 0 Å². The van der Waals surface area contributed by atoms with Gasteiger partial charge >= 0.3 is 19.8 Å². The van der Waals surface area contributed by atoms with Gasteiger partial charge in [-0.05, 0) is 6.92 Å². The Kier molecular flexibility index (Phi) is 1470. The second-order valence-corrected chi connectivity index (χ2v) is 0.316. The summed E-state index contributed by atoms with van der Waals surface area (Å²) in [7, 11) is 0. The third-order valence-electron chi connectivity index (χ3n) is 0. The van der Waals surface area contributed by atoms with Crippen molar-refractivity contribution < 1.29 is 46.8 Å². The van der Waals surface area contributed by atoms with Crippen LogP contribution < -0.4 is 0 Å². The molecule has 0 amide bonds. The molecular weight excluding hydrogens is 294 g/mol. The van der Waals surface area contributed by atoms with Crippen molar-refractivity contribution in [1.29, 1.82) is 0 Å². The molecule has 8 heavy (non-hydrogen) atoms. The van der Waals surface area contributed by atoms with Gasteiger partial charge in [-0.2, -0.15) is 0 Å². The molecular formula is C2H6O5Os. The molecule has 0 heterocycles. The van der Waals surface area contributed by atoms with E-state index in [1.54, 1.807) is 6.92 Å². The van der Waals surface area contributed by atoms with Crippen LogP contribution in [0.25, 0.3) is 0 Å². The maximum absolute atomic E-state index is 7.57. The molecule has 0 aromatic carbocycles. The van der Waals surface area contributed by atoms with E-state index < -0.39 is 0 Å². The van der Waals surface area contributed by atoms with E-state index in [1.807, 2.05) is 0 Å². The summed E-state index contributed by atoms with van der Waals surface area (Å²) < 4.78 is 0. The summed E-state index contributed by atoms with van der Waals surface area (Å²) in [5, 5.41) is 7.57. The molecule has 6 heteroatoms. The van der Waals surface area contributed by atoms with Gasteiger partial charge in [-0.25, -0.2) is 0 Å². The zero-order chi connectivity index (χ0) is 2.71. The number of rotatable bonds is 0. The Hall–Kier alpha value is 0.436.